The molecule has 0 unspecified atom stereocenters. The molecule has 2 N–H and O–H groups in total. The molecule has 0 atom stereocenters. The van der Waals surface area contributed by atoms with Crippen LogP contribution < -0.4 is 10.3 Å². The van der Waals surface area contributed by atoms with Crippen LogP contribution in [0.4, 0.5) is 0 Å². The second-order valence-corrected chi connectivity index (χ2v) is 5.15. The number of H-pyrrole nitrogens is 1. The number of nitrogens with one attached hydrogen (secondary N) is 1. The Balaban J connectivity index is 2.21. The van der Waals surface area contributed by atoms with Crippen molar-refractivity contribution in [1.29, 1.82) is 0 Å². The molecule has 0 radical (unpaired) electrons. The van der Waals surface area contributed by atoms with Crippen LogP contribution in [0.2, 0.25) is 0 Å². The zero-order chi connectivity index (χ0) is 15.4. The molecule has 0 bridgehead atoms. The normalized spacial score (nSPS) is 10.6. The Hall–Kier alpha value is -2.56. The lowest BCUT2D eigenvalue weighted by Crippen LogP contribution is -2.17. The maximum Gasteiger partial charge on any atom is 0.341 e. The summed E-state index contributed by atoms with van der Waals surface area (Å²) in [5.74, 6) is -0.0261. The van der Waals surface area contributed by atoms with Crippen molar-refractivity contribution in [2.75, 3.05) is 6.61 Å². The molecular weight excluding hydrogens is 270 g/mol. The van der Waals surface area contributed by atoms with E-state index in [0.29, 0.717) is 18.2 Å². The zero-order valence-corrected chi connectivity index (χ0v) is 11.9. The van der Waals surface area contributed by atoms with Crippen LogP contribution in [0.1, 0.15) is 24.2 Å². The van der Waals surface area contributed by atoms with Crippen LogP contribution in [0, 0.1) is 5.92 Å². The van der Waals surface area contributed by atoms with Crippen molar-refractivity contribution >= 4 is 5.97 Å². The molecule has 0 saturated heterocycles. The maximum atomic E-state index is 11.6. The van der Waals surface area contributed by atoms with Crippen molar-refractivity contribution in [3.05, 3.63) is 52.3 Å². The summed E-state index contributed by atoms with van der Waals surface area (Å²) in [5.41, 5.74) is 0.483. The van der Waals surface area contributed by atoms with E-state index >= 15 is 0 Å². The van der Waals surface area contributed by atoms with Crippen molar-refractivity contribution in [3.63, 3.8) is 0 Å². The Bertz CT molecular complexity index is 686. The van der Waals surface area contributed by atoms with Crippen molar-refractivity contribution in [3.8, 4) is 17.0 Å². The van der Waals surface area contributed by atoms with Gasteiger partial charge in [0.05, 0.1) is 6.61 Å². The molecule has 1 aromatic carbocycles. The van der Waals surface area contributed by atoms with Gasteiger partial charge in [-0.3, -0.25) is 4.79 Å². The summed E-state index contributed by atoms with van der Waals surface area (Å²) in [6, 6.07) is 10.2. The summed E-state index contributed by atoms with van der Waals surface area (Å²) in [5, 5.41) is 8.83. The van der Waals surface area contributed by atoms with Gasteiger partial charge in [-0.25, -0.2) is 4.79 Å². The third-order valence-electron chi connectivity index (χ3n) is 2.89. The number of pyridine rings is 1. The van der Waals surface area contributed by atoms with Gasteiger partial charge in [-0.05, 0) is 47.9 Å². The van der Waals surface area contributed by atoms with Gasteiger partial charge in [0, 0.05) is 5.69 Å². The largest absolute Gasteiger partial charge is 0.493 e. The summed E-state index contributed by atoms with van der Waals surface area (Å²) >= 11 is 0. The number of carboxylic acid groups (broad SMARTS) is 1. The molecule has 5 heteroatoms. The van der Waals surface area contributed by atoms with Crippen molar-refractivity contribution in [2.45, 2.75) is 13.8 Å². The Kier molecular flexibility index (Phi) is 4.42. The zero-order valence-electron chi connectivity index (χ0n) is 11.9. The molecule has 0 aliphatic heterocycles. The molecule has 0 aliphatic rings. The second-order valence-electron chi connectivity index (χ2n) is 5.15. The first kappa shape index (κ1) is 14.8. The Morgan fingerprint density at radius 2 is 1.86 bits per heavy atom. The third kappa shape index (κ3) is 3.72. The van der Waals surface area contributed by atoms with Crippen molar-refractivity contribution < 1.29 is 14.6 Å². The smallest absolute Gasteiger partial charge is 0.341 e. The van der Waals surface area contributed by atoms with E-state index in [-0.39, 0.29) is 5.56 Å². The van der Waals surface area contributed by atoms with Gasteiger partial charge in [0.15, 0.2) is 0 Å². The highest BCUT2D eigenvalue weighted by molar-refractivity contribution is 5.87. The van der Waals surface area contributed by atoms with E-state index < -0.39 is 11.5 Å². The van der Waals surface area contributed by atoms with E-state index in [1.165, 1.54) is 6.07 Å². The van der Waals surface area contributed by atoms with Gasteiger partial charge in [-0.1, -0.05) is 13.8 Å². The number of aromatic amines is 1. The minimum Gasteiger partial charge on any atom is -0.493 e. The predicted octanol–water partition coefficient (Wildman–Crippen LogP) is 2.77. The average molecular weight is 287 g/mol. The van der Waals surface area contributed by atoms with E-state index in [2.05, 4.69) is 18.8 Å². The molecule has 2 rings (SSSR count). The first-order valence-electron chi connectivity index (χ1n) is 6.67. The van der Waals surface area contributed by atoms with Gasteiger partial charge in [0.25, 0.3) is 5.56 Å². The molecule has 5 nitrogen and oxygen atoms in total. The lowest BCUT2D eigenvalue weighted by Gasteiger charge is -2.09. The first-order valence-corrected chi connectivity index (χ1v) is 6.67. The van der Waals surface area contributed by atoms with Gasteiger partial charge in [-0.2, -0.15) is 0 Å². The van der Waals surface area contributed by atoms with Crippen molar-refractivity contribution in [1.82, 2.24) is 4.98 Å². The monoisotopic (exact) mass is 287 g/mol. The number of rotatable bonds is 5. The van der Waals surface area contributed by atoms with Gasteiger partial charge >= 0.3 is 5.97 Å². The number of carboxylic acids is 1. The van der Waals surface area contributed by atoms with Crippen LogP contribution in [0.25, 0.3) is 11.3 Å². The fraction of sp³-hybridized carbons (Fsp3) is 0.250. The van der Waals surface area contributed by atoms with E-state index in [4.69, 9.17) is 9.84 Å². The SMILES string of the molecule is CC(C)COc1ccc(-c2ccc(C(=O)O)c(=O)[nH]2)cc1. The molecule has 1 aromatic heterocycles. The number of aromatic nitrogens is 1. The Morgan fingerprint density at radius 3 is 2.38 bits per heavy atom. The summed E-state index contributed by atoms with van der Waals surface area (Å²) < 4.78 is 5.58. The standard InChI is InChI=1S/C16H17NO4/c1-10(2)9-21-12-5-3-11(4-6-12)14-8-7-13(16(19)20)15(18)17-14/h3-8,10H,9H2,1-2H3,(H,17,18)(H,19,20). The summed E-state index contributed by atoms with van der Waals surface area (Å²) in [7, 11) is 0. The number of aromatic carboxylic acids is 1. The average Bonchev–Trinajstić information content (AvgIpc) is 2.45. The van der Waals surface area contributed by atoms with Crippen LogP contribution in [0.3, 0.4) is 0 Å². The minimum absolute atomic E-state index is 0.268. The van der Waals surface area contributed by atoms with Gasteiger partial charge < -0.3 is 14.8 Å². The summed E-state index contributed by atoms with van der Waals surface area (Å²) in [6.45, 7) is 4.79. The van der Waals surface area contributed by atoms with E-state index in [9.17, 15) is 9.59 Å². The van der Waals surface area contributed by atoms with E-state index in [1.807, 2.05) is 24.3 Å². The first-order chi connectivity index (χ1) is 9.97. The number of hydrogen-bond acceptors (Lipinski definition) is 3. The number of carbonyl (C=O) groups is 1. The quantitative estimate of drug-likeness (QED) is 0.886. The van der Waals surface area contributed by atoms with Gasteiger partial charge in [0.1, 0.15) is 11.3 Å². The third-order valence-corrected chi connectivity index (χ3v) is 2.89. The molecule has 1 heterocycles. The number of ether oxygens (including phenoxy) is 1. The molecule has 0 fully saturated rings. The van der Waals surface area contributed by atoms with Crippen LogP contribution in [-0.4, -0.2) is 22.7 Å². The van der Waals surface area contributed by atoms with Crippen molar-refractivity contribution in [2.24, 2.45) is 5.92 Å². The van der Waals surface area contributed by atoms with Crippen LogP contribution in [0.5, 0.6) is 5.75 Å². The van der Waals surface area contributed by atoms with Crippen LogP contribution in [0.15, 0.2) is 41.2 Å². The molecule has 21 heavy (non-hydrogen) atoms. The molecule has 2 aromatic rings. The van der Waals surface area contributed by atoms with E-state index in [0.717, 1.165) is 11.3 Å². The van der Waals surface area contributed by atoms with Crippen LogP contribution >= 0.6 is 0 Å². The molecule has 0 spiro atoms. The van der Waals surface area contributed by atoms with Gasteiger partial charge in [-0.15, -0.1) is 0 Å². The topological polar surface area (TPSA) is 79.4 Å². The fourth-order valence-electron chi connectivity index (χ4n) is 1.80. The highest BCUT2D eigenvalue weighted by atomic mass is 16.5. The second kappa shape index (κ2) is 6.26. The maximum absolute atomic E-state index is 11.6. The molecule has 110 valence electrons. The lowest BCUT2D eigenvalue weighted by atomic mass is 10.1. The lowest BCUT2D eigenvalue weighted by molar-refractivity contribution is 0.0695. The highest BCUT2D eigenvalue weighted by Gasteiger charge is 2.09. The predicted molar refractivity (Wildman–Crippen MR) is 79.8 cm³/mol. The summed E-state index contributed by atoms with van der Waals surface area (Å²) in [4.78, 5) is 25.0. The molecule has 0 aliphatic carbocycles. The molecular formula is C16H17NO4. The number of benzene rings is 1. The fourth-order valence-corrected chi connectivity index (χ4v) is 1.80. The minimum atomic E-state index is -1.24. The molecule has 0 saturated carbocycles. The number of hydrogen-bond donors (Lipinski definition) is 2. The van der Waals surface area contributed by atoms with Crippen LogP contribution in [-0.2, 0) is 0 Å². The Labute approximate surface area is 122 Å². The summed E-state index contributed by atoms with van der Waals surface area (Å²) in [6.07, 6.45) is 0. The molecule has 0 amide bonds. The highest BCUT2D eigenvalue weighted by Crippen LogP contribution is 2.20. The van der Waals surface area contributed by atoms with E-state index in [1.54, 1.807) is 6.07 Å². The Morgan fingerprint density at radius 1 is 1.19 bits per heavy atom. The van der Waals surface area contributed by atoms with Gasteiger partial charge in [0.2, 0.25) is 0 Å².